The van der Waals surface area contributed by atoms with Gasteiger partial charge in [0.05, 0.1) is 21.2 Å². The van der Waals surface area contributed by atoms with E-state index in [9.17, 15) is 10.2 Å². The number of aromatic hydroxyl groups is 2. The van der Waals surface area contributed by atoms with E-state index in [0.717, 1.165) is 17.5 Å². The van der Waals surface area contributed by atoms with Crippen molar-refractivity contribution in [3.8, 4) is 17.4 Å². The number of pyridine rings is 1. The highest BCUT2D eigenvalue weighted by Crippen LogP contribution is 2.57. The molecule has 0 saturated carbocycles. The van der Waals surface area contributed by atoms with E-state index in [1.807, 2.05) is 6.07 Å². The first-order valence-corrected chi connectivity index (χ1v) is 8.41. The van der Waals surface area contributed by atoms with E-state index in [-0.39, 0.29) is 23.6 Å². The normalized spacial score (nSPS) is 20.9. The Labute approximate surface area is 147 Å². The van der Waals surface area contributed by atoms with E-state index in [0.29, 0.717) is 26.6 Å². The summed E-state index contributed by atoms with van der Waals surface area (Å²) < 4.78 is 1.45. The molecule has 0 fully saturated rings. The van der Waals surface area contributed by atoms with Crippen molar-refractivity contribution < 1.29 is 10.2 Å². The van der Waals surface area contributed by atoms with E-state index in [4.69, 9.17) is 23.2 Å². The highest BCUT2D eigenvalue weighted by atomic mass is 35.5. The zero-order valence-corrected chi connectivity index (χ0v) is 13.9. The summed E-state index contributed by atoms with van der Waals surface area (Å²) in [6.07, 6.45) is 6.72. The fraction of sp³-hybridized carbons (Fsp3) is 0.167. The number of halogens is 2. The van der Waals surface area contributed by atoms with Gasteiger partial charge >= 0.3 is 0 Å². The molecule has 2 atom stereocenters. The molecule has 24 heavy (non-hydrogen) atoms. The van der Waals surface area contributed by atoms with Gasteiger partial charge in [0.2, 0.25) is 11.8 Å². The van der Waals surface area contributed by atoms with Gasteiger partial charge < -0.3 is 10.2 Å². The van der Waals surface area contributed by atoms with Crippen molar-refractivity contribution in [2.24, 2.45) is 0 Å². The third-order valence-electron chi connectivity index (χ3n) is 5.03. The number of aromatic nitrogens is 2. The Morgan fingerprint density at radius 1 is 1.08 bits per heavy atom. The van der Waals surface area contributed by atoms with Gasteiger partial charge in [0.25, 0.3) is 0 Å². The van der Waals surface area contributed by atoms with Crippen LogP contribution in [0.5, 0.6) is 11.8 Å². The van der Waals surface area contributed by atoms with Crippen LogP contribution in [0.15, 0.2) is 36.5 Å². The lowest BCUT2D eigenvalue weighted by molar-refractivity contribution is 0.396. The average Bonchev–Trinajstić information content (AvgIpc) is 3.26. The van der Waals surface area contributed by atoms with Crippen LogP contribution in [-0.2, 0) is 0 Å². The number of hydrogen-bond acceptors (Lipinski definition) is 3. The zero-order chi connectivity index (χ0) is 16.6. The standard InChI is InChI=1S/C18H12Cl2N2O2/c19-11-7-12(10-2-1-5-21-16(10)15(11)20)22-17(23)13-8-3-4-9(6-8)14(13)18(22)24/h1-5,7-9,23-24H,6H2/t8-,9+. The predicted molar refractivity (Wildman–Crippen MR) is 93.7 cm³/mol. The molecule has 4 nitrogen and oxygen atoms in total. The first-order valence-electron chi connectivity index (χ1n) is 7.65. The number of fused-ring (bicyclic) bond motifs is 6. The minimum atomic E-state index is 0.0582. The van der Waals surface area contributed by atoms with E-state index >= 15 is 0 Å². The van der Waals surface area contributed by atoms with Crippen molar-refractivity contribution in [3.63, 3.8) is 0 Å². The van der Waals surface area contributed by atoms with Crippen LogP contribution < -0.4 is 0 Å². The largest absolute Gasteiger partial charge is 0.494 e. The quantitative estimate of drug-likeness (QED) is 0.609. The maximum atomic E-state index is 10.8. The molecule has 2 heterocycles. The van der Waals surface area contributed by atoms with Gasteiger partial charge in [-0.15, -0.1) is 0 Å². The third kappa shape index (κ3) is 1.62. The fourth-order valence-corrected chi connectivity index (χ4v) is 4.41. The van der Waals surface area contributed by atoms with E-state index < -0.39 is 0 Å². The molecular weight excluding hydrogens is 347 g/mol. The summed E-state index contributed by atoms with van der Waals surface area (Å²) in [5.74, 6) is 0.430. The van der Waals surface area contributed by atoms with Crippen LogP contribution in [0.4, 0.5) is 0 Å². The molecule has 6 heteroatoms. The fourth-order valence-electron chi connectivity index (χ4n) is 4.01. The zero-order valence-electron chi connectivity index (χ0n) is 12.4. The van der Waals surface area contributed by atoms with Crippen molar-refractivity contribution in [2.45, 2.75) is 18.3 Å². The van der Waals surface area contributed by atoms with Gasteiger partial charge in [-0.25, -0.2) is 0 Å². The van der Waals surface area contributed by atoms with Crippen molar-refractivity contribution in [1.82, 2.24) is 9.55 Å². The molecule has 3 aromatic rings. The minimum absolute atomic E-state index is 0.0582. The van der Waals surface area contributed by atoms with Crippen molar-refractivity contribution in [2.75, 3.05) is 0 Å². The Bertz CT molecular complexity index is 1020. The number of rotatable bonds is 1. The lowest BCUT2D eigenvalue weighted by atomic mass is 10.0. The molecule has 0 aliphatic heterocycles. The second kappa shape index (κ2) is 4.68. The molecule has 0 spiro atoms. The van der Waals surface area contributed by atoms with Crippen molar-refractivity contribution in [3.05, 3.63) is 57.7 Å². The molecular formula is C18H12Cl2N2O2. The molecule has 0 unspecified atom stereocenters. The van der Waals surface area contributed by atoms with Gasteiger partial charge in [0.1, 0.15) is 0 Å². The van der Waals surface area contributed by atoms with Gasteiger partial charge in [-0.05, 0) is 24.6 Å². The van der Waals surface area contributed by atoms with Gasteiger partial charge in [-0.3, -0.25) is 9.55 Å². The smallest absolute Gasteiger partial charge is 0.202 e. The first kappa shape index (κ1) is 14.2. The molecule has 0 radical (unpaired) electrons. The van der Waals surface area contributed by atoms with Crippen molar-refractivity contribution in [1.29, 1.82) is 0 Å². The molecule has 2 N–H and O–H groups in total. The molecule has 2 aromatic heterocycles. The lowest BCUT2D eigenvalue weighted by Crippen LogP contribution is -1.98. The molecule has 120 valence electrons. The maximum absolute atomic E-state index is 10.8. The van der Waals surface area contributed by atoms with Crippen LogP contribution in [0.2, 0.25) is 10.0 Å². The van der Waals surface area contributed by atoms with Gasteiger partial charge in [-0.1, -0.05) is 35.4 Å². The SMILES string of the molecule is Oc1c2c(c(O)n1-c1cc(Cl)c(Cl)c3ncccc13)[C@H]1C=C[C@@H]2C1. The topological polar surface area (TPSA) is 58.3 Å². The summed E-state index contributed by atoms with van der Waals surface area (Å²) in [6.45, 7) is 0. The molecule has 1 aromatic carbocycles. The van der Waals surface area contributed by atoms with Crippen LogP contribution in [-0.4, -0.2) is 19.8 Å². The lowest BCUT2D eigenvalue weighted by Gasteiger charge is -2.14. The third-order valence-corrected chi connectivity index (χ3v) is 5.80. The van der Waals surface area contributed by atoms with Crippen LogP contribution in [0, 0.1) is 0 Å². The van der Waals surface area contributed by atoms with Crippen LogP contribution >= 0.6 is 23.2 Å². The Kier molecular flexibility index (Phi) is 2.77. The highest BCUT2D eigenvalue weighted by Gasteiger charge is 2.41. The second-order valence-corrected chi connectivity index (χ2v) is 7.02. The Balaban J connectivity index is 1.87. The summed E-state index contributed by atoms with van der Waals surface area (Å²) in [7, 11) is 0. The first-order chi connectivity index (χ1) is 11.6. The molecule has 2 bridgehead atoms. The molecule has 0 saturated heterocycles. The molecule has 2 aliphatic carbocycles. The summed E-state index contributed by atoms with van der Waals surface area (Å²) in [6, 6.07) is 5.28. The maximum Gasteiger partial charge on any atom is 0.202 e. The van der Waals surface area contributed by atoms with Crippen LogP contribution in [0.3, 0.4) is 0 Å². The number of nitrogens with zero attached hydrogens (tertiary/aromatic N) is 2. The minimum Gasteiger partial charge on any atom is -0.494 e. The van der Waals surface area contributed by atoms with Gasteiger partial charge in [-0.2, -0.15) is 0 Å². The summed E-state index contributed by atoms with van der Waals surface area (Å²) in [4.78, 5) is 4.29. The Hall–Kier alpha value is -2.17. The van der Waals surface area contributed by atoms with Crippen LogP contribution in [0.1, 0.15) is 29.4 Å². The van der Waals surface area contributed by atoms with E-state index in [2.05, 4.69) is 17.1 Å². The monoisotopic (exact) mass is 358 g/mol. The Morgan fingerprint density at radius 2 is 1.75 bits per heavy atom. The number of allylic oxidation sites excluding steroid dienone is 2. The van der Waals surface area contributed by atoms with Crippen molar-refractivity contribution >= 4 is 34.1 Å². The average molecular weight is 359 g/mol. The van der Waals surface area contributed by atoms with Crippen LogP contribution in [0.25, 0.3) is 16.6 Å². The summed E-state index contributed by atoms with van der Waals surface area (Å²) in [5.41, 5.74) is 2.72. The molecule has 0 amide bonds. The van der Waals surface area contributed by atoms with Gasteiger partial charge in [0, 0.05) is 34.5 Å². The molecule has 2 aliphatic rings. The Morgan fingerprint density at radius 3 is 2.42 bits per heavy atom. The van der Waals surface area contributed by atoms with E-state index in [1.54, 1.807) is 18.3 Å². The van der Waals surface area contributed by atoms with E-state index in [1.165, 1.54) is 4.57 Å². The summed E-state index contributed by atoms with van der Waals surface area (Å²) in [5, 5.41) is 23.0. The predicted octanol–water partition coefficient (Wildman–Crippen LogP) is 4.88. The molecule has 5 rings (SSSR count). The summed E-state index contributed by atoms with van der Waals surface area (Å²) >= 11 is 12.5. The highest BCUT2D eigenvalue weighted by molar-refractivity contribution is 6.45. The number of hydrogen-bond donors (Lipinski definition) is 2. The number of benzene rings is 1. The second-order valence-electron chi connectivity index (χ2n) is 6.23. The van der Waals surface area contributed by atoms with Gasteiger partial charge in [0.15, 0.2) is 0 Å².